The number of piperidine rings is 1. The summed E-state index contributed by atoms with van der Waals surface area (Å²) in [6, 6.07) is 10.3. The van der Waals surface area contributed by atoms with Gasteiger partial charge in [-0.15, -0.1) is 0 Å². The van der Waals surface area contributed by atoms with Gasteiger partial charge in [0.15, 0.2) is 11.3 Å². The Kier molecular flexibility index (Phi) is 6.88. The molecular weight excluding hydrogens is 518 g/mol. The summed E-state index contributed by atoms with van der Waals surface area (Å²) in [5, 5.41) is 0. The zero-order chi connectivity index (χ0) is 27.1. The van der Waals surface area contributed by atoms with Crippen LogP contribution < -0.4 is 10.6 Å². The normalized spacial score (nSPS) is 23.0. The Balaban J connectivity index is 1.26. The summed E-state index contributed by atoms with van der Waals surface area (Å²) >= 11 is 0. The van der Waals surface area contributed by atoms with Gasteiger partial charge in [-0.1, -0.05) is 23.8 Å². The third-order valence-electron chi connectivity index (χ3n) is 7.64. The lowest BCUT2D eigenvalue weighted by molar-refractivity contribution is -0.0541. The van der Waals surface area contributed by atoms with Gasteiger partial charge in [0.1, 0.15) is 0 Å². The van der Waals surface area contributed by atoms with Gasteiger partial charge in [0, 0.05) is 56.2 Å². The Morgan fingerprint density at radius 1 is 1.18 bits per heavy atom. The molecule has 2 bridgehead atoms. The average molecular weight is 552 g/mol. The minimum Gasteiger partial charge on any atom is -0.421 e. The molecule has 39 heavy (non-hydrogen) atoms. The zero-order valence-corrected chi connectivity index (χ0v) is 23.0. The number of pyridine rings is 1. The molecule has 3 aromatic rings. The number of morpholine rings is 1. The second kappa shape index (κ2) is 10.3. The molecule has 0 spiro atoms. The van der Waals surface area contributed by atoms with Crippen molar-refractivity contribution in [3.63, 3.8) is 0 Å². The Labute approximate surface area is 228 Å². The van der Waals surface area contributed by atoms with Crippen LogP contribution in [0, 0.1) is 6.92 Å². The van der Waals surface area contributed by atoms with E-state index in [2.05, 4.69) is 19.8 Å². The number of aliphatic imine (C=N–C) groups is 1. The standard InChI is InChI=1S/C27H33N7O4S/c1-18-4-3-5-19(12-18)22(28)6-7-29-24-14-23(32-8-10-37-11-9-32)26-27(30-24)38-25(31-26)17-34-20-13-21(34)16-33(15-20)39(2,35)36/h3-7,12,14,20-21H,8-11,13,15-17,28H2,1-2H3/b22-6-,29-7?. The molecule has 0 saturated carbocycles. The molecule has 3 aliphatic heterocycles. The number of nitrogens with two attached hydrogens (primary N) is 1. The first kappa shape index (κ1) is 25.9. The van der Waals surface area contributed by atoms with Crippen molar-refractivity contribution < 1.29 is 17.6 Å². The van der Waals surface area contributed by atoms with E-state index in [0.717, 1.165) is 36.3 Å². The Morgan fingerprint density at radius 3 is 2.67 bits per heavy atom. The number of benzene rings is 1. The Bertz CT molecular complexity index is 1530. The molecule has 0 amide bonds. The summed E-state index contributed by atoms with van der Waals surface area (Å²) in [5.74, 6) is 1.07. The Hall–Kier alpha value is -3.32. The molecule has 5 heterocycles. The molecule has 11 nitrogen and oxygen atoms in total. The van der Waals surface area contributed by atoms with Crippen LogP contribution in [0.4, 0.5) is 11.5 Å². The Morgan fingerprint density at radius 2 is 1.95 bits per heavy atom. The number of hydrogen-bond donors (Lipinski definition) is 1. The topological polar surface area (TPSA) is 130 Å². The lowest BCUT2D eigenvalue weighted by Crippen LogP contribution is -2.68. The zero-order valence-electron chi connectivity index (χ0n) is 22.2. The van der Waals surface area contributed by atoms with Gasteiger partial charge in [-0.2, -0.15) is 9.29 Å². The van der Waals surface area contributed by atoms with E-state index in [1.54, 1.807) is 16.6 Å². The molecule has 1 aromatic carbocycles. The first-order chi connectivity index (χ1) is 18.7. The van der Waals surface area contributed by atoms with Gasteiger partial charge in [-0.05, 0) is 31.1 Å². The molecule has 3 saturated heterocycles. The van der Waals surface area contributed by atoms with Gasteiger partial charge in [0.25, 0.3) is 5.71 Å². The lowest BCUT2D eigenvalue weighted by Gasteiger charge is -2.55. The number of aryl methyl sites for hydroxylation is 1. The number of anilines is 1. The third kappa shape index (κ3) is 5.42. The highest BCUT2D eigenvalue weighted by Crippen LogP contribution is 2.36. The molecular formula is C27H33N7O4S. The van der Waals surface area contributed by atoms with Gasteiger partial charge in [0.05, 0.1) is 31.7 Å². The monoisotopic (exact) mass is 551 g/mol. The molecule has 2 N–H and O–H groups in total. The van der Waals surface area contributed by atoms with Gasteiger partial charge >= 0.3 is 0 Å². The second-order valence-electron chi connectivity index (χ2n) is 10.4. The number of oxazole rings is 1. The minimum absolute atomic E-state index is 0.172. The number of aromatic nitrogens is 2. The van der Waals surface area contributed by atoms with Crippen LogP contribution in [-0.4, -0.2) is 91.5 Å². The fraction of sp³-hybridized carbons (Fsp3) is 0.444. The molecule has 0 radical (unpaired) electrons. The second-order valence-corrected chi connectivity index (χ2v) is 12.4. The van der Waals surface area contributed by atoms with Crippen LogP contribution in [0.1, 0.15) is 23.4 Å². The van der Waals surface area contributed by atoms with Crippen molar-refractivity contribution in [2.45, 2.75) is 32.0 Å². The van der Waals surface area contributed by atoms with E-state index in [4.69, 9.17) is 19.9 Å². The molecule has 3 aliphatic rings. The molecule has 12 heteroatoms. The van der Waals surface area contributed by atoms with Gasteiger partial charge in [-0.3, -0.25) is 4.90 Å². The van der Waals surface area contributed by atoms with E-state index < -0.39 is 10.0 Å². The molecule has 0 aliphatic carbocycles. The number of sulfonamides is 1. The number of hydrogen-bond acceptors (Lipinski definition) is 10. The SMILES string of the molecule is Cc1cccc(/C(N)=C/C=Nc2cc(N3CCOCC3)c3nc(CN4C5CC4CN(S(C)(=O)=O)C5)oc3n2)c1. The summed E-state index contributed by atoms with van der Waals surface area (Å²) in [6.45, 7) is 6.30. The molecule has 2 unspecified atom stereocenters. The average Bonchev–Trinajstić information content (AvgIpc) is 3.34. The first-order valence-electron chi connectivity index (χ1n) is 13.2. The number of ether oxygens (including phenoxy) is 1. The molecule has 3 fully saturated rings. The summed E-state index contributed by atoms with van der Waals surface area (Å²) in [7, 11) is -3.18. The number of allylic oxidation sites excluding steroid dienone is 1. The van der Waals surface area contributed by atoms with Crippen molar-refractivity contribution in [3.8, 4) is 0 Å². The summed E-state index contributed by atoms with van der Waals surface area (Å²) < 4.78 is 37.2. The largest absolute Gasteiger partial charge is 0.421 e. The molecule has 6 rings (SSSR count). The van der Waals surface area contributed by atoms with Crippen molar-refractivity contribution >= 4 is 44.7 Å². The minimum atomic E-state index is -3.18. The van der Waals surface area contributed by atoms with Crippen LogP contribution in [0.3, 0.4) is 0 Å². The van der Waals surface area contributed by atoms with E-state index >= 15 is 0 Å². The summed E-state index contributed by atoms with van der Waals surface area (Å²) in [5.41, 5.74) is 11.0. The molecule has 206 valence electrons. The maximum absolute atomic E-state index is 12.0. The van der Waals surface area contributed by atoms with Crippen LogP contribution in [0.25, 0.3) is 16.9 Å². The van der Waals surface area contributed by atoms with Crippen molar-refractivity contribution in [3.05, 3.63) is 53.4 Å². The van der Waals surface area contributed by atoms with Crippen LogP contribution in [0.15, 0.2) is 45.8 Å². The van der Waals surface area contributed by atoms with Gasteiger partial charge < -0.3 is 19.8 Å². The molecule has 2 atom stereocenters. The quantitative estimate of drug-likeness (QED) is 0.440. The summed E-state index contributed by atoms with van der Waals surface area (Å²) in [6.07, 6.45) is 5.68. The number of fused-ring (bicyclic) bond motifs is 3. The van der Waals surface area contributed by atoms with Crippen LogP contribution in [-0.2, 0) is 21.3 Å². The van der Waals surface area contributed by atoms with E-state index in [9.17, 15) is 8.42 Å². The number of rotatable bonds is 7. The van der Waals surface area contributed by atoms with E-state index in [0.29, 0.717) is 61.5 Å². The first-order valence-corrected chi connectivity index (χ1v) is 15.0. The van der Waals surface area contributed by atoms with E-state index in [-0.39, 0.29) is 12.1 Å². The highest BCUT2D eigenvalue weighted by Gasteiger charge is 2.47. The highest BCUT2D eigenvalue weighted by atomic mass is 32.2. The van der Waals surface area contributed by atoms with Crippen molar-refractivity contribution in [1.82, 2.24) is 19.2 Å². The number of nitrogens with zero attached hydrogens (tertiary/aromatic N) is 6. The van der Waals surface area contributed by atoms with E-state index in [1.165, 1.54) is 6.26 Å². The maximum Gasteiger partial charge on any atom is 0.251 e. The predicted octanol–water partition coefficient (Wildman–Crippen LogP) is 2.29. The fourth-order valence-corrected chi connectivity index (χ4v) is 6.44. The maximum atomic E-state index is 12.0. The van der Waals surface area contributed by atoms with Gasteiger partial charge in [-0.25, -0.2) is 18.4 Å². The van der Waals surface area contributed by atoms with Crippen LogP contribution in [0.2, 0.25) is 0 Å². The van der Waals surface area contributed by atoms with Crippen molar-refractivity contribution in [2.24, 2.45) is 10.7 Å². The van der Waals surface area contributed by atoms with Crippen molar-refractivity contribution in [2.75, 3.05) is 50.5 Å². The third-order valence-corrected chi connectivity index (χ3v) is 8.88. The van der Waals surface area contributed by atoms with Crippen LogP contribution >= 0.6 is 0 Å². The fourth-order valence-electron chi connectivity index (χ4n) is 5.55. The van der Waals surface area contributed by atoms with Gasteiger partial charge in [0.2, 0.25) is 15.9 Å². The van der Waals surface area contributed by atoms with Crippen molar-refractivity contribution in [1.29, 1.82) is 0 Å². The highest BCUT2D eigenvalue weighted by molar-refractivity contribution is 7.88. The van der Waals surface area contributed by atoms with E-state index in [1.807, 2.05) is 37.3 Å². The molecule has 2 aromatic heterocycles. The predicted molar refractivity (Wildman–Crippen MR) is 150 cm³/mol. The van der Waals surface area contributed by atoms with Crippen LogP contribution in [0.5, 0.6) is 0 Å². The number of piperazine rings is 1. The lowest BCUT2D eigenvalue weighted by atomic mass is 9.89. The summed E-state index contributed by atoms with van der Waals surface area (Å²) in [4.78, 5) is 18.5. The smallest absolute Gasteiger partial charge is 0.251 e. The number of likely N-dealkylation sites (tertiary alicyclic amines) is 1.